The monoisotopic (exact) mass is 609 g/mol. The van der Waals surface area contributed by atoms with Crippen molar-refractivity contribution in [3.63, 3.8) is 0 Å². The molecule has 0 fully saturated rings. The van der Waals surface area contributed by atoms with Crippen molar-refractivity contribution in [3.05, 3.63) is 94.1 Å². The van der Waals surface area contributed by atoms with E-state index in [2.05, 4.69) is 65.7 Å². The smallest absolute Gasteiger partial charge is 0.132 e. The Morgan fingerprint density at radius 2 is 1.69 bits per heavy atom. The lowest BCUT2D eigenvalue weighted by Crippen LogP contribution is -3.00. The molecule has 2 nitrogen and oxygen atoms in total. The number of aryl methyl sites for hydroxylation is 2. The number of likely N-dealkylation sites (N-methyl/N-ethyl adjacent to an activating group) is 1. The Hall–Kier alpha value is -1.57. The van der Waals surface area contributed by atoms with Gasteiger partial charge in [0.25, 0.3) is 0 Å². The van der Waals surface area contributed by atoms with Crippen LogP contribution in [0.15, 0.2) is 60.2 Å². The number of allylic oxidation sites excluding steroid dienone is 2. The first kappa shape index (κ1) is 30.7. The maximum absolute atomic E-state index is 14.0. The summed E-state index contributed by atoms with van der Waals surface area (Å²) in [5.74, 6) is -0.355. The average Bonchev–Trinajstić information content (AvgIpc) is 2.77. The Morgan fingerprint density at radius 3 is 2.25 bits per heavy atom. The molecular formula is C31H42F2INO. The van der Waals surface area contributed by atoms with Crippen molar-refractivity contribution in [3.8, 4) is 0 Å². The van der Waals surface area contributed by atoms with Crippen LogP contribution in [0.3, 0.4) is 0 Å². The van der Waals surface area contributed by atoms with Crippen LogP contribution >= 0.6 is 0 Å². The third-order valence-corrected chi connectivity index (χ3v) is 7.31. The standard InChI is InChI=1S/C31H42F2NO.HI/c1-22(2)26-17-15-25(16-18-26)20-34(5,6)21-30(31-23(3)10-7-11-24(31)4)35-19-9-12-27-28(32)13-8-14-29(27)33;/h7-8,10-11,13-15,26,30H,1,9,12,16-21H2,2-6H3;1H/q+1;/p-1/t26-,30?;/m0./s1. The van der Waals surface area contributed by atoms with Gasteiger partial charge in [-0.25, -0.2) is 8.78 Å². The van der Waals surface area contributed by atoms with E-state index in [1.165, 1.54) is 52.5 Å². The zero-order valence-corrected chi connectivity index (χ0v) is 24.7. The lowest BCUT2D eigenvalue weighted by atomic mass is 9.85. The SMILES string of the molecule is C=C(C)[C@H]1CC=C(C[N+](C)(C)CC(OCCCc2c(F)cccc2F)c2c(C)cccc2C)CC1.[I-]. The van der Waals surface area contributed by atoms with Crippen LogP contribution in [-0.4, -0.2) is 38.3 Å². The predicted molar refractivity (Wildman–Crippen MR) is 141 cm³/mol. The highest BCUT2D eigenvalue weighted by Gasteiger charge is 2.28. The topological polar surface area (TPSA) is 9.23 Å². The van der Waals surface area contributed by atoms with Crippen molar-refractivity contribution in [1.82, 2.24) is 0 Å². The van der Waals surface area contributed by atoms with Gasteiger partial charge in [-0.3, -0.25) is 0 Å². The first-order valence-electron chi connectivity index (χ1n) is 12.8. The fourth-order valence-electron chi connectivity index (χ4n) is 5.35. The second-order valence-corrected chi connectivity index (χ2v) is 10.9. The molecular weight excluding hydrogens is 567 g/mol. The quantitative estimate of drug-likeness (QED) is 0.156. The van der Waals surface area contributed by atoms with Crippen molar-refractivity contribution in [1.29, 1.82) is 0 Å². The van der Waals surface area contributed by atoms with Crippen LogP contribution < -0.4 is 24.0 Å². The van der Waals surface area contributed by atoms with Gasteiger partial charge in [0.2, 0.25) is 0 Å². The van der Waals surface area contributed by atoms with Gasteiger partial charge in [-0.1, -0.05) is 42.5 Å². The second-order valence-electron chi connectivity index (χ2n) is 10.9. The molecule has 0 N–H and O–H groups in total. The maximum atomic E-state index is 14.0. The van der Waals surface area contributed by atoms with Crippen molar-refractivity contribution in [2.24, 2.45) is 5.92 Å². The maximum Gasteiger partial charge on any atom is 0.132 e. The minimum atomic E-state index is -0.483. The summed E-state index contributed by atoms with van der Waals surface area (Å²) in [4.78, 5) is 0. The molecule has 0 radical (unpaired) electrons. The van der Waals surface area contributed by atoms with Gasteiger partial charge in [0.15, 0.2) is 0 Å². The summed E-state index contributed by atoms with van der Waals surface area (Å²) < 4.78 is 35.4. The van der Waals surface area contributed by atoms with E-state index in [4.69, 9.17) is 4.74 Å². The highest BCUT2D eigenvalue weighted by molar-refractivity contribution is 5.35. The van der Waals surface area contributed by atoms with Crippen molar-refractivity contribution >= 4 is 0 Å². The largest absolute Gasteiger partial charge is 1.00 e. The Morgan fingerprint density at radius 1 is 1.08 bits per heavy atom. The molecule has 0 spiro atoms. The molecule has 0 aromatic heterocycles. The highest BCUT2D eigenvalue weighted by atomic mass is 127. The number of ether oxygens (including phenoxy) is 1. The minimum Gasteiger partial charge on any atom is -1.00 e. The molecule has 0 aliphatic heterocycles. The average molecular weight is 610 g/mol. The Bertz CT molecular complexity index is 1020. The zero-order valence-electron chi connectivity index (χ0n) is 22.5. The zero-order chi connectivity index (χ0) is 25.6. The third kappa shape index (κ3) is 8.49. The highest BCUT2D eigenvalue weighted by Crippen LogP contribution is 2.31. The number of hydrogen-bond donors (Lipinski definition) is 0. The second kappa shape index (κ2) is 13.8. The Balaban J connectivity index is 0.00000456. The number of quaternary nitrogens is 1. The first-order valence-corrected chi connectivity index (χ1v) is 12.8. The van der Waals surface area contributed by atoms with Gasteiger partial charge in [0.1, 0.15) is 24.3 Å². The van der Waals surface area contributed by atoms with Crippen LogP contribution in [0, 0.1) is 31.4 Å². The fraction of sp³-hybridized carbons (Fsp3) is 0.484. The molecule has 0 saturated carbocycles. The van der Waals surface area contributed by atoms with Gasteiger partial charge in [0, 0.05) is 12.2 Å². The minimum absolute atomic E-state index is 0. The summed E-state index contributed by atoms with van der Waals surface area (Å²) in [6.45, 7) is 12.8. The molecule has 5 heteroatoms. The third-order valence-electron chi connectivity index (χ3n) is 7.31. The number of halogens is 3. The first-order chi connectivity index (χ1) is 16.6. The van der Waals surface area contributed by atoms with Crippen LogP contribution in [0.1, 0.15) is 61.0 Å². The van der Waals surface area contributed by atoms with E-state index in [0.717, 1.165) is 30.4 Å². The van der Waals surface area contributed by atoms with Crippen molar-refractivity contribution < 1.29 is 42.0 Å². The molecule has 3 rings (SSSR count). The molecule has 36 heavy (non-hydrogen) atoms. The molecule has 0 amide bonds. The van der Waals surface area contributed by atoms with E-state index in [1.54, 1.807) is 0 Å². The van der Waals surface area contributed by atoms with E-state index < -0.39 is 11.6 Å². The van der Waals surface area contributed by atoms with Crippen LogP contribution in [0.5, 0.6) is 0 Å². The fourth-order valence-corrected chi connectivity index (χ4v) is 5.35. The van der Waals surface area contributed by atoms with Gasteiger partial charge in [0.05, 0.1) is 20.6 Å². The van der Waals surface area contributed by atoms with E-state index in [9.17, 15) is 8.78 Å². The van der Waals surface area contributed by atoms with Crippen LogP contribution in [0.2, 0.25) is 0 Å². The molecule has 1 unspecified atom stereocenters. The Labute approximate surface area is 234 Å². The number of nitrogens with zero attached hydrogens (tertiary/aromatic N) is 1. The molecule has 0 saturated heterocycles. The molecule has 2 atom stereocenters. The summed E-state index contributed by atoms with van der Waals surface area (Å²) in [6, 6.07) is 10.4. The summed E-state index contributed by atoms with van der Waals surface area (Å²) >= 11 is 0. The summed E-state index contributed by atoms with van der Waals surface area (Å²) in [7, 11) is 4.54. The van der Waals surface area contributed by atoms with E-state index in [0.29, 0.717) is 25.4 Å². The summed E-state index contributed by atoms with van der Waals surface area (Å²) in [5.41, 5.74) is 6.62. The van der Waals surface area contributed by atoms with Crippen LogP contribution in [-0.2, 0) is 11.2 Å². The van der Waals surface area contributed by atoms with Gasteiger partial charge in [-0.15, -0.1) is 0 Å². The molecule has 2 aromatic rings. The van der Waals surface area contributed by atoms with E-state index >= 15 is 0 Å². The van der Waals surface area contributed by atoms with Crippen LogP contribution in [0.4, 0.5) is 8.78 Å². The molecule has 2 aromatic carbocycles. The molecule has 198 valence electrons. The molecule has 0 bridgehead atoms. The summed E-state index contributed by atoms with van der Waals surface area (Å²) in [5, 5.41) is 0. The van der Waals surface area contributed by atoms with E-state index in [-0.39, 0.29) is 35.6 Å². The lowest BCUT2D eigenvalue weighted by Gasteiger charge is -2.36. The van der Waals surface area contributed by atoms with Crippen molar-refractivity contribution in [2.45, 2.75) is 59.0 Å². The van der Waals surface area contributed by atoms with Gasteiger partial charge < -0.3 is 33.2 Å². The van der Waals surface area contributed by atoms with Gasteiger partial charge in [-0.2, -0.15) is 0 Å². The molecule has 0 heterocycles. The Kier molecular flexibility index (Phi) is 11.8. The number of hydrogen-bond acceptors (Lipinski definition) is 1. The van der Waals surface area contributed by atoms with Gasteiger partial charge in [-0.05, 0) is 93.2 Å². The lowest BCUT2D eigenvalue weighted by molar-refractivity contribution is -0.889. The van der Waals surface area contributed by atoms with Crippen LogP contribution in [0.25, 0.3) is 0 Å². The van der Waals surface area contributed by atoms with E-state index in [1.807, 2.05) is 0 Å². The van der Waals surface area contributed by atoms with Gasteiger partial charge >= 0.3 is 0 Å². The van der Waals surface area contributed by atoms with Crippen molar-refractivity contribution in [2.75, 3.05) is 33.8 Å². The molecule has 1 aliphatic rings. The normalized spacial score (nSPS) is 16.8. The predicted octanol–water partition coefficient (Wildman–Crippen LogP) is 4.66. The number of rotatable bonds is 11. The number of benzene rings is 2. The molecule has 1 aliphatic carbocycles. The summed E-state index contributed by atoms with van der Waals surface area (Å²) in [6.07, 6.45) is 6.64.